The summed E-state index contributed by atoms with van der Waals surface area (Å²) in [5, 5.41) is 9.42. The van der Waals surface area contributed by atoms with Gasteiger partial charge >= 0.3 is 0 Å². The second kappa shape index (κ2) is 6.50. The maximum absolute atomic E-state index is 9.42. The average Bonchev–Trinajstić information content (AvgIpc) is 2.41. The van der Waals surface area contributed by atoms with Crippen LogP contribution in [0.3, 0.4) is 0 Å². The number of hydrogen-bond donors (Lipinski definition) is 1. The van der Waals surface area contributed by atoms with E-state index in [-0.39, 0.29) is 6.61 Å². The van der Waals surface area contributed by atoms with Gasteiger partial charge in [-0.15, -0.1) is 0 Å². The molecular formula is C14H14Br2N2O. The van der Waals surface area contributed by atoms with Gasteiger partial charge in [-0.2, -0.15) is 0 Å². The molecule has 1 aromatic heterocycles. The van der Waals surface area contributed by atoms with Crippen LogP contribution in [0, 0.1) is 0 Å². The Morgan fingerprint density at radius 2 is 1.95 bits per heavy atom. The van der Waals surface area contributed by atoms with E-state index in [4.69, 9.17) is 0 Å². The van der Waals surface area contributed by atoms with Crippen LogP contribution in [0.25, 0.3) is 0 Å². The normalized spacial score (nSPS) is 10.5. The summed E-state index contributed by atoms with van der Waals surface area (Å²) in [6.45, 7) is 0.700. The summed E-state index contributed by atoms with van der Waals surface area (Å²) in [4.78, 5) is 6.40. The molecule has 0 amide bonds. The smallest absolute Gasteiger partial charge is 0.134 e. The van der Waals surface area contributed by atoms with Crippen molar-refractivity contribution in [1.29, 1.82) is 0 Å². The Morgan fingerprint density at radius 1 is 1.21 bits per heavy atom. The molecule has 3 nitrogen and oxygen atoms in total. The summed E-state index contributed by atoms with van der Waals surface area (Å²) in [5.74, 6) is 0.793. The van der Waals surface area contributed by atoms with Crippen molar-refractivity contribution in [3.63, 3.8) is 0 Å². The fraction of sp³-hybridized carbons (Fsp3) is 0.214. The number of aromatic nitrogens is 1. The first-order valence-electron chi connectivity index (χ1n) is 5.81. The third-order valence-electron chi connectivity index (χ3n) is 2.81. The molecule has 5 heteroatoms. The second-order valence-electron chi connectivity index (χ2n) is 4.24. The molecule has 2 aromatic rings. The minimum atomic E-state index is -0.0257. The van der Waals surface area contributed by atoms with Gasteiger partial charge in [0, 0.05) is 34.3 Å². The van der Waals surface area contributed by atoms with E-state index in [1.165, 1.54) is 5.56 Å². The van der Waals surface area contributed by atoms with E-state index in [1.807, 2.05) is 36.2 Å². The predicted molar refractivity (Wildman–Crippen MR) is 84.1 cm³/mol. The van der Waals surface area contributed by atoms with Crippen molar-refractivity contribution in [2.45, 2.75) is 13.2 Å². The van der Waals surface area contributed by atoms with Crippen molar-refractivity contribution in [3.05, 3.63) is 56.6 Å². The number of nitrogens with zero attached hydrogens (tertiary/aromatic N) is 2. The van der Waals surface area contributed by atoms with E-state index in [1.54, 1.807) is 6.20 Å². The first-order valence-corrected chi connectivity index (χ1v) is 7.40. The molecule has 19 heavy (non-hydrogen) atoms. The first kappa shape index (κ1) is 14.5. The van der Waals surface area contributed by atoms with Crippen molar-refractivity contribution in [1.82, 2.24) is 4.98 Å². The third-order valence-corrected chi connectivity index (χ3v) is 4.01. The van der Waals surface area contributed by atoms with Crippen LogP contribution >= 0.6 is 31.9 Å². The molecule has 0 saturated heterocycles. The largest absolute Gasteiger partial charge is 0.392 e. The Hall–Kier alpha value is -0.910. The topological polar surface area (TPSA) is 36.4 Å². The minimum absolute atomic E-state index is 0.0257. The van der Waals surface area contributed by atoms with E-state index in [0.29, 0.717) is 0 Å². The van der Waals surface area contributed by atoms with Crippen molar-refractivity contribution >= 4 is 37.7 Å². The summed E-state index contributed by atoms with van der Waals surface area (Å²) in [6, 6.07) is 9.97. The number of aliphatic hydroxyl groups excluding tert-OH is 1. The first-order chi connectivity index (χ1) is 9.11. The van der Waals surface area contributed by atoms with Crippen molar-refractivity contribution in [2.24, 2.45) is 0 Å². The fourth-order valence-electron chi connectivity index (χ4n) is 1.89. The molecule has 1 N–H and O–H groups in total. The second-order valence-corrected chi connectivity index (χ2v) is 6.01. The molecule has 100 valence electrons. The van der Waals surface area contributed by atoms with Crippen LogP contribution in [0.2, 0.25) is 0 Å². The molecular weight excluding hydrogens is 372 g/mol. The zero-order valence-corrected chi connectivity index (χ0v) is 13.6. The lowest BCUT2D eigenvalue weighted by molar-refractivity contribution is 0.281. The molecule has 0 bridgehead atoms. The summed E-state index contributed by atoms with van der Waals surface area (Å²) in [7, 11) is 1.97. The van der Waals surface area contributed by atoms with Gasteiger partial charge in [0.1, 0.15) is 5.82 Å². The van der Waals surface area contributed by atoms with Gasteiger partial charge in [0.05, 0.1) is 6.61 Å². The van der Waals surface area contributed by atoms with Crippen molar-refractivity contribution < 1.29 is 5.11 Å². The van der Waals surface area contributed by atoms with Crippen molar-refractivity contribution in [3.8, 4) is 0 Å². The van der Waals surface area contributed by atoms with E-state index in [2.05, 4.69) is 42.9 Å². The Morgan fingerprint density at radius 3 is 2.63 bits per heavy atom. The molecule has 0 aliphatic heterocycles. The van der Waals surface area contributed by atoms with E-state index >= 15 is 0 Å². The number of benzene rings is 1. The quantitative estimate of drug-likeness (QED) is 0.870. The number of hydrogen-bond acceptors (Lipinski definition) is 3. The van der Waals surface area contributed by atoms with Crippen LogP contribution in [0.15, 0.2) is 45.5 Å². The molecule has 0 radical (unpaired) electrons. The van der Waals surface area contributed by atoms with Gasteiger partial charge in [-0.05, 0) is 33.6 Å². The molecule has 0 spiro atoms. The third kappa shape index (κ3) is 3.55. The molecule has 0 saturated carbocycles. The van der Waals surface area contributed by atoms with Gasteiger partial charge in [0.25, 0.3) is 0 Å². The predicted octanol–water partition coefficient (Wildman–Crippen LogP) is 3.74. The van der Waals surface area contributed by atoms with Crippen LogP contribution in [0.1, 0.15) is 11.1 Å². The van der Waals surface area contributed by atoms with Gasteiger partial charge in [0.2, 0.25) is 0 Å². The highest BCUT2D eigenvalue weighted by Gasteiger charge is 2.11. The molecule has 1 heterocycles. The summed E-state index contributed by atoms with van der Waals surface area (Å²) in [5.41, 5.74) is 1.99. The molecule has 0 atom stereocenters. The van der Waals surface area contributed by atoms with Gasteiger partial charge < -0.3 is 10.0 Å². The molecule has 2 rings (SSSR count). The van der Waals surface area contributed by atoms with Crippen LogP contribution in [0.4, 0.5) is 5.82 Å². The van der Waals surface area contributed by atoms with E-state index in [0.717, 1.165) is 26.9 Å². The Kier molecular flexibility index (Phi) is 4.96. The van der Waals surface area contributed by atoms with Crippen LogP contribution in [-0.2, 0) is 13.2 Å². The van der Waals surface area contributed by atoms with E-state index in [9.17, 15) is 5.11 Å². The average molecular weight is 386 g/mol. The van der Waals surface area contributed by atoms with Crippen LogP contribution < -0.4 is 4.90 Å². The highest BCUT2D eigenvalue weighted by Crippen LogP contribution is 2.24. The van der Waals surface area contributed by atoms with Crippen molar-refractivity contribution in [2.75, 3.05) is 11.9 Å². The number of anilines is 1. The van der Waals surface area contributed by atoms with Gasteiger partial charge in [-0.3, -0.25) is 0 Å². The zero-order valence-electron chi connectivity index (χ0n) is 10.5. The van der Waals surface area contributed by atoms with Gasteiger partial charge in [-0.25, -0.2) is 4.98 Å². The molecule has 1 aromatic carbocycles. The lowest BCUT2D eigenvalue weighted by Crippen LogP contribution is -2.19. The fourth-order valence-corrected chi connectivity index (χ4v) is 2.68. The summed E-state index contributed by atoms with van der Waals surface area (Å²) < 4.78 is 1.94. The van der Waals surface area contributed by atoms with Crippen LogP contribution in [-0.4, -0.2) is 17.1 Å². The number of pyridine rings is 1. The molecule has 0 aliphatic carbocycles. The van der Waals surface area contributed by atoms with Gasteiger partial charge in [-0.1, -0.05) is 34.1 Å². The highest BCUT2D eigenvalue weighted by atomic mass is 79.9. The Balaban J connectivity index is 2.25. The lowest BCUT2D eigenvalue weighted by atomic mass is 10.2. The van der Waals surface area contributed by atoms with Gasteiger partial charge in [0.15, 0.2) is 0 Å². The number of halogens is 2. The zero-order chi connectivity index (χ0) is 13.8. The van der Waals surface area contributed by atoms with Crippen LogP contribution in [0.5, 0.6) is 0 Å². The Bertz CT molecular complexity index is 575. The Labute approximate surface area is 129 Å². The maximum atomic E-state index is 9.42. The standard InChI is InChI=1S/C14H14Br2N2O/c1-18(8-10-4-2-3-5-13(10)16)14-11(9-19)6-12(15)7-17-14/h2-7,19H,8-9H2,1H3. The molecule has 0 unspecified atom stereocenters. The summed E-state index contributed by atoms with van der Waals surface area (Å²) >= 11 is 6.91. The molecule has 0 aliphatic rings. The molecule has 0 fully saturated rings. The lowest BCUT2D eigenvalue weighted by Gasteiger charge is -2.21. The maximum Gasteiger partial charge on any atom is 0.134 e. The summed E-state index contributed by atoms with van der Waals surface area (Å²) in [6.07, 6.45) is 1.74. The number of aliphatic hydroxyl groups is 1. The number of rotatable bonds is 4. The highest BCUT2D eigenvalue weighted by molar-refractivity contribution is 9.10. The van der Waals surface area contributed by atoms with E-state index < -0.39 is 0 Å². The minimum Gasteiger partial charge on any atom is -0.392 e. The SMILES string of the molecule is CN(Cc1ccccc1Br)c1ncc(Br)cc1CO. The monoisotopic (exact) mass is 384 g/mol.